The first-order chi connectivity index (χ1) is 36.2. The molecule has 0 aromatic heterocycles. The fourth-order valence-corrected chi connectivity index (χ4v) is 9.57. The minimum Gasteiger partial charge on any atom is -0.454 e. The Labute approximate surface area is 453 Å². The van der Waals surface area contributed by atoms with Crippen LogP contribution >= 0.6 is 0 Å². The highest BCUT2D eigenvalue weighted by atomic mass is 16.7. The van der Waals surface area contributed by atoms with Gasteiger partial charge in [0.05, 0.1) is 25.4 Å². The molecule has 0 aromatic carbocycles. The quantitative estimate of drug-likeness (QED) is 0.0195. The highest BCUT2D eigenvalue weighted by molar-refractivity contribution is 5.80. The smallest absolute Gasteiger partial charge is 0.306 e. The van der Waals surface area contributed by atoms with Crippen LogP contribution in [0, 0.1) is 0 Å². The summed E-state index contributed by atoms with van der Waals surface area (Å²) < 4.78 is 17.6. The van der Waals surface area contributed by atoms with Crippen LogP contribution in [0.1, 0.15) is 278 Å². The maximum absolute atomic E-state index is 13.4. The third-order valence-electron chi connectivity index (χ3n) is 14.5. The molecule has 11 heteroatoms. The number of hydrogen-bond donors (Lipinski definition) is 6. The molecule has 0 spiro atoms. The van der Waals surface area contributed by atoms with Crippen molar-refractivity contribution in [3.8, 4) is 0 Å². The van der Waals surface area contributed by atoms with Crippen LogP contribution in [0.2, 0.25) is 0 Å². The summed E-state index contributed by atoms with van der Waals surface area (Å²) in [5, 5.41) is 57.0. The summed E-state index contributed by atoms with van der Waals surface area (Å²) in [6.07, 6.45) is 51.5. The Hall–Kier alpha value is -2.38. The second kappa shape index (κ2) is 51.4. The van der Waals surface area contributed by atoms with E-state index in [1.807, 2.05) is 6.08 Å². The molecule has 1 saturated heterocycles. The maximum Gasteiger partial charge on any atom is 0.306 e. The van der Waals surface area contributed by atoms with Gasteiger partial charge in [0, 0.05) is 6.42 Å². The zero-order chi connectivity index (χ0) is 54.0. The van der Waals surface area contributed by atoms with Crippen molar-refractivity contribution in [1.82, 2.24) is 5.32 Å². The number of carbonyl (C=O) groups excluding carboxylic acids is 2. The summed E-state index contributed by atoms with van der Waals surface area (Å²) >= 11 is 0. The Morgan fingerprint density at radius 2 is 0.973 bits per heavy atom. The molecule has 8 atom stereocenters. The van der Waals surface area contributed by atoms with E-state index in [1.165, 1.54) is 141 Å². The van der Waals surface area contributed by atoms with E-state index >= 15 is 0 Å². The van der Waals surface area contributed by atoms with E-state index in [-0.39, 0.29) is 19.4 Å². The molecule has 0 bridgehead atoms. The number of nitrogens with one attached hydrogen (secondary N) is 1. The Morgan fingerprint density at radius 3 is 1.46 bits per heavy atom. The maximum atomic E-state index is 13.4. The van der Waals surface area contributed by atoms with Crippen LogP contribution in [0.3, 0.4) is 0 Å². The summed E-state index contributed by atoms with van der Waals surface area (Å²) in [5.74, 6) is -1.20. The fourth-order valence-electron chi connectivity index (χ4n) is 9.57. The Kier molecular flexibility index (Phi) is 48.3. The van der Waals surface area contributed by atoms with Crippen molar-refractivity contribution in [2.24, 2.45) is 0 Å². The SMILES string of the molecule is CC/C=C/C/C=C/CCCCCCCCCC(=O)OC1C(OCC(NC(=O)C(O)CCCCCCCCCC/C=C/CCCCCCCC)C(O)/C=C/CCCCCCCCCCCCC)OC(CO)C(O)C1O. The first-order valence-electron chi connectivity index (χ1n) is 30.9. The summed E-state index contributed by atoms with van der Waals surface area (Å²) in [7, 11) is 0. The fraction of sp³-hybridized carbons (Fsp3) is 0.841. The zero-order valence-electron chi connectivity index (χ0n) is 47.7. The van der Waals surface area contributed by atoms with Gasteiger partial charge in [0.1, 0.15) is 24.4 Å². The van der Waals surface area contributed by atoms with Crippen molar-refractivity contribution in [2.45, 2.75) is 327 Å². The lowest BCUT2D eigenvalue weighted by molar-refractivity contribution is -0.305. The number of esters is 1. The van der Waals surface area contributed by atoms with Crippen molar-refractivity contribution in [1.29, 1.82) is 0 Å². The van der Waals surface area contributed by atoms with Gasteiger partial charge in [-0.05, 0) is 77.0 Å². The molecule has 8 unspecified atom stereocenters. The lowest BCUT2D eigenvalue weighted by Crippen LogP contribution is -2.61. The zero-order valence-corrected chi connectivity index (χ0v) is 47.7. The molecule has 1 fully saturated rings. The topological polar surface area (TPSA) is 175 Å². The average molecular weight is 1050 g/mol. The van der Waals surface area contributed by atoms with Crippen molar-refractivity contribution in [3.63, 3.8) is 0 Å². The third-order valence-corrected chi connectivity index (χ3v) is 14.5. The van der Waals surface area contributed by atoms with Crippen LogP contribution in [-0.2, 0) is 23.8 Å². The van der Waals surface area contributed by atoms with Crippen LogP contribution in [-0.4, -0.2) is 99.6 Å². The molecule has 0 aliphatic carbocycles. The van der Waals surface area contributed by atoms with Crippen LogP contribution in [0.15, 0.2) is 48.6 Å². The molecular formula is C63H115NO10. The van der Waals surface area contributed by atoms with Crippen molar-refractivity contribution < 1.29 is 49.3 Å². The lowest BCUT2D eigenvalue weighted by atomic mass is 9.99. The average Bonchev–Trinajstić information content (AvgIpc) is 3.40. The summed E-state index contributed by atoms with van der Waals surface area (Å²) in [6.45, 7) is 5.69. The third kappa shape index (κ3) is 39.1. The van der Waals surface area contributed by atoms with Crippen LogP contribution in [0.5, 0.6) is 0 Å². The standard InChI is InChI=1S/C63H115NO10/c1-4-7-10-13-16-19-22-25-27-28-29-30-32-35-38-41-44-47-50-56(67)62(71)64-54(55(66)49-46-43-40-37-34-31-24-21-18-15-12-9-6-3)53-72-63-61(60(70)59(69)57(52-65)73-63)74-58(68)51-48-45-42-39-36-33-26-23-20-17-14-11-8-5-2/h8,11,17,20,25,27,46,49,54-57,59-61,63,65-67,69-70H,4-7,9-10,12-16,18-19,21-24,26,28-45,47-48,50-53H2,1-3H3,(H,64,71)/b11-8+,20-17+,27-25+,49-46+. The van der Waals surface area contributed by atoms with Crippen LogP contribution in [0.4, 0.5) is 0 Å². The molecule has 1 aliphatic rings. The molecule has 1 heterocycles. The van der Waals surface area contributed by atoms with Gasteiger partial charge in [-0.3, -0.25) is 9.59 Å². The number of unbranched alkanes of at least 4 members (excludes halogenated alkanes) is 32. The predicted molar refractivity (Wildman–Crippen MR) is 306 cm³/mol. The van der Waals surface area contributed by atoms with E-state index in [1.54, 1.807) is 6.08 Å². The number of carbonyl (C=O) groups is 2. The number of allylic oxidation sites excluding steroid dienone is 7. The van der Waals surface area contributed by atoms with E-state index < -0.39 is 67.4 Å². The number of aliphatic hydroxyl groups excluding tert-OH is 5. The highest BCUT2D eigenvalue weighted by Crippen LogP contribution is 2.26. The lowest BCUT2D eigenvalue weighted by Gasteiger charge is -2.41. The minimum absolute atomic E-state index is 0.115. The number of rotatable bonds is 52. The van der Waals surface area contributed by atoms with Crippen molar-refractivity contribution in [3.05, 3.63) is 48.6 Å². The van der Waals surface area contributed by atoms with Gasteiger partial charge in [0.15, 0.2) is 12.4 Å². The second-order valence-corrected chi connectivity index (χ2v) is 21.4. The molecule has 1 rings (SSSR count). The first-order valence-corrected chi connectivity index (χ1v) is 30.9. The van der Waals surface area contributed by atoms with E-state index in [0.717, 1.165) is 89.9 Å². The molecule has 0 saturated carbocycles. The van der Waals surface area contributed by atoms with Crippen molar-refractivity contribution >= 4 is 11.9 Å². The van der Waals surface area contributed by atoms with Gasteiger partial charge >= 0.3 is 5.97 Å². The van der Waals surface area contributed by atoms with Gasteiger partial charge < -0.3 is 45.1 Å². The summed E-state index contributed by atoms with van der Waals surface area (Å²) in [4.78, 5) is 26.5. The van der Waals surface area contributed by atoms with Crippen LogP contribution < -0.4 is 5.32 Å². The number of aliphatic hydroxyl groups is 5. The largest absolute Gasteiger partial charge is 0.454 e. The molecule has 0 aromatic rings. The van der Waals surface area contributed by atoms with Crippen LogP contribution in [0.25, 0.3) is 0 Å². The summed E-state index contributed by atoms with van der Waals surface area (Å²) in [5.41, 5.74) is 0. The van der Waals surface area contributed by atoms with E-state index in [9.17, 15) is 35.1 Å². The number of hydrogen-bond acceptors (Lipinski definition) is 10. The Bertz CT molecular complexity index is 1390. The Morgan fingerprint density at radius 1 is 0.541 bits per heavy atom. The number of amides is 1. The van der Waals surface area contributed by atoms with E-state index in [0.29, 0.717) is 12.8 Å². The normalized spacial score (nSPS) is 19.6. The van der Waals surface area contributed by atoms with E-state index in [4.69, 9.17) is 14.2 Å². The van der Waals surface area contributed by atoms with Gasteiger partial charge in [0.2, 0.25) is 5.91 Å². The highest BCUT2D eigenvalue weighted by Gasteiger charge is 2.47. The second-order valence-electron chi connectivity index (χ2n) is 21.4. The number of ether oxygens (including phenoxy) is 3. The van der Waals surface area contributed by atoms with E-state index in [2.05, 4.69) is 62.5 Å². The first kappa shape index (κ1) is 69.6. The van der Waals surface area contributed by atoms with Gasteiger partial charge in [-0.25, -0.2) is 0 Å². The van der Waals surface area contributed by atoms with Gasteiger partial charge in [0.25, 0.3) is 0 Å². The Balaban J connectivity index is 2.70. The molecule has 11 nitrogen and oxygen atoms in total. The van der Waals surface area contributed by atoms with Gasteiger partial charge in [-0.2, -0.15) is 0 Å². The molecular weight excluding hydrogens is 931 g/mol. The molecule has 1 aliphatic heterocycles. The van der Waals surface area contributed by atoms with Crippen molar-refractivity contribution in [2.75, 3.05) is 13.2 Å². The molecule has 6 N–H and O–H groups in total. The minimum atomic E-state index is -1.62. The van der Waals surface area contributed by atoms with Gasteiger partial charge in [-0.1, -0.05) is 243 Å². The molecule has 432 valence electrons. The van der Waals surface area contributed by atoms with Gasteiger partial charge in [-0.15, -0.1) is 0 Å². The molecule has 1 amide bonds. The summed E-state index contributed by atoms with van der Waals surface area (Å²) in [6, 6.07) is -1.03. The monoisotopic (exact) mass is 1050 g/mol. The molecule has 74 heavy (non-hydrogen) atoms. The molecule has 0 radical (unpaired) electrons. The predicted octanol–water partition coefficient (Wildman–Crippen LogP) is 14.4.